The van der Waals surface area contributed by atoms with Gasteiger partial charge in [0.15, 0.2) is 0 Å². The van der Waals surface area contributed by atoms with Gasteiger partial charge in [-0.15, -0.1) is 6.58 Å². The van der Waals surface area contributed by atoms with Crippen LogP contribution in [0.2, 0.25) is 0 Å². The quantitative estimate of drug-likeness (QED) is 0.364. The summed E-state index contributed by atoms with van der Waals surface area (Å²) in [6.45, 7) is 5.97. The fraction of sp³-hybridized carbons (Fsp3) is 0.333. The number of fused-ring (bicyclic) bond motifs is 4. The van der Waals surface area contributed by atoms with Crippen LogP contribution in [0.4, 0.5) is 0 Å². The number of aromatic nitrogens is 2. The molecule has 2 aliphatic rings. The molecule has 1 spiro atoms. The number of benzene rings is 2. The first-order chi connectivity index (χ1) is 15.1. The van der Waals surface area contributed by atoms with Crippen LogP contribution in [0.25, 0.3) is 16.8 Å². The molecular weight excluding hydrogens is 400 g/mol. The zero-order chi connectivity index (χ0) is 21.4. The summed E-state index contributed by atoms with van der Waals surface area (Å²) in [7, 11) is 0. The molecule has 0 atom stereocenters. The number of hydrogen-bond acceptors (Lipinski definition) is 3. The molecule has 0 saturated heterocycles. The first-order valence-corrected chi connectivity index (χ1v) is 12.2. The molecule has 3 aromatic rings. The topological polar surface area (TPSA) is 34.9 Å². The predicted octanol–water partition coefficient (Wildman–Crippen LogP) is 6.24. The molecule has 2 aromatic carbocycles. The summed E-state index contributed by atoms with van der Waals surface area (Å²) in [4.78, 5) is 14.1. The van der Waals surface area contributed by atoms with Crippen molar-refractivity contribution < 1.29 is 0 Å². The van der Waals surface area contributed by atoms with Crippen molar-refractivity contribution in [3.8, 4) is 16.8 Å². The van der Waals surface area contributed by atoms with Crippen LogP contribution in [0.1, 0.15) is 48.8 Å². The van der Waals surface area contributed by atoms with Gasteiger partial charge in [-0.05, 0) is 49.4 Å². The van der Waals surface area contributed by atoms with Crippen LogP contribution >= 0.6 is 11.8 Å². The van der Waals surface area contributed by atoms with E-state index >= 15 is 0 Å². The molecule has 1 saturated carbocycles. The van der Waals surface area contributed by atoms with E-state index in [1.807, 2.05) is 30.3 Å². The van der Waals surface area contributed by atoms with Crippen molar-refractivity contribution in [2.24, 2.45) is 0 Å². The maximum atomic E-state index is 14.1. The van der Waals surface area contributed by atoms with E-state index in [0.717, 1.165) is 46.9 Å². The SMILES string of the molecule is C=CCSc1nn(-c2ccc(C)cc2)c(=O)c2c1-c1ccccc1CC21CCCCC1. The van der Waals surface area contributed by atoms with Gasteiger partial charge < -0.3 is 0 Å². The van der Waals surface area contributed by atoms with Gasteiger partial charge in [0.2, 0.25) is 0 Å². The lowest BCUT2D eigenvalue weighted by atomic mass is 9.62. The molecule has 5 rings (SSSR count). The minimum atomic E-state index is -0.0854. The number of rotatable bonds is 4. The van der Waals surface area contributed by atoms with E-state index in [0.29, 0.717) is 0 Å². The summed E-state index contributed by atoms with van der Waals surface area (Å²) in [5.41, 5.74) is 6.58. The number of hydrogen-bond donors (Lipinski definition) is 0. The fourth-order valence-electron chi connectivity index (χ4n) is 5.37. The summed E-state index contributed by atoms with van der Waals surface area (Å²) in [6.07, 6.45) is 8.64. The molecule has 158 valence electrons. The second-order valence-electron chi connectivity index (χ2n) is 8.88. The lowest BCUT2D eigenvalue weighted by Gasteiger charge is -2.42. The van der Waals surface area contributed by atoms with Crippen molar-refractivity contribution in [1.82, 2.24) is 9.78 Å². The standard InChI is InChI=1S/C27H28N2OS/c1-3-17-31-25-23-22-10-6-5-9-20(22)18-27(15-7-4-8-16-27)24(23)26(30)29(28-25)21-13-11-19(2)12-14-21/h3,5-6,9-14H,1,4,7-8,15-18H2,2H3. The van der Waals surface area contributed by atoms with Gasteiger partial charge >= 0.3 is 0 Å². The Bertz CT molecular complexity index is 1190. The molecule has 0 radical (unpaired) electrons. The largest absolute Gasteiger partial charge is 0.275 e. The molecular formula is C27H28N2OS. The van der Waals surface area contributed by atoms with E-state index in [-0.39, 0.29) is 11.0 Å². The van der Waals surface area contributed by atoms with Gasteiger partial charge in [-0.2, -0.15) is 9.78 Å². The Labute approximate surface area is 188 Å². The third-order valence-electron chi connectivity index (χ3n) is 6.83. The molecule has 4 heteroatoms. The zero-order valence-corrected chi connectivity index (χ0v) is 18.9. The predicted molar refractivity (Wildman–Crippen MR) is 129 cm³/mol. The van der Waals surface area contributed by atoms with E-state index < -0.39 is 0 Å². The second-order valence-corrected chi connectivity index (χ2v) is 9.89. The van der Waals surface area contributed by atoms with Gasteiger partial charge in [0.25, 0.3) is 5.56 Å². The lowest BCUT2D eigenvalue weighted by molar-refractivity contribution is 0.283. The van der Waals surface area contributed by atoms with Crippen molar-refractivity contribution in [2.75, 3.05) is 5.75 Å². The average molecular weight is 429 g/mol. The van der Waals surface area contributed by atoms with Crippen LogP contribution < -0.4 is 5.56 Å². The normalized spacial score (nSPS) is 16.5. The van der Waals surface area contributed by atoms with Crippen molar-refractivity contribution in [3.63, 3.8) is 0 Å². The van der Waals surface area contributed by atoms with Crippen molar-refractivity contribution >= 4 is 11.8 Å². The molecule has 1 fully saturated rings. The van der Waals surface area contributed by atoms with Gasteiger partial charge in [0, 0.05) is 22.3 Å². The third-order valence-corrected chi connectivity index (χ3v) is 7.80. The summed E-state index contributed by atoms with van der Waals surface area (Å²) in [5.74, 6) is 0.765. The molecule has 1 heterocycles. The summed E-state index contributed by atoms with van der Waals surface area (Å²) < 4.78 is 1.65. The number of nitrogens with zero attached hydrogens (tertiary/aromatic N) is 2. The van der Waals surface area contributed by atoms with Crippen LogP contribution in [0, 0.1) is 6.92 Å². The monoisotopic (exact) mass is 428 g/mol. The van der Waals surface area contributed by atoms with Crippen molar-refractivity contribution in [1.29, 1.82) is 0 Å². The molecule has 1 aromatic heterocycles. The van der Waals surface area contributed by atoms with Gasteiger partial charge in [-0.1, -0.05) is 79.1 Å². The van der Waals surface area contributed by atoms with E-state index in [1.54, 1.807) is 16.4 Å². The van der Waals surface area contributed by atoms with E-state index in [4.69, 9.17) is 5.10 Å². The zero-order valence-electron chi connectivity index (χ0n) is 18.1. The molecule has 0 bridgehead atoms. The maximum Gasteiger partial charge on any atom is 0.275 e. The van der Waals surface area contributed by atoms with Crippen molar-refractivity contribution in [2.45, 2.75) is 55.9 Å². The first-order valence-electron chi connectivity index (χ1n) is 11.2. The molecule has 0 amide bonds. The third kappa shape index (κ3) is 3.47. The highest BCUT2D eigenvalue weighted by atomic mass is 32.2. The second kappa shape index (κ2) is 8.16. The summed E-state index contributed by atoms with van der Waals surface area (Å²) in [5, 5.41) is 5.86. The van der Waals surface area contributed by atoms with Crippen molar-refractivity contribution in [3.05, 3.63) is 88.2 Å². The van der Waals surface area contributed by atoms with E-state index in [2.05, 4.69) is 37.8 Å². The smallest absolute Gasteiger partial charge is 0.267 e. The Morgan fingerprint density at radius 1 is 1.10 bits per heavy atom. The van der Waals surface area contributed by atoms with Gasteiger partial charge in [-0.3, -0.25) is 4.79 Å². The molecule has 0 N–H and O–H groups in total. The molecule has 0 unspecified atom stereocenters. The summed E-state index contributed by atoms with van der Waals surface area (Å²) >= 11 is 1.68. The van der Waals surface area contributed by atoms with Crippen LogP contribution in [-0.2, 0) is 11.8 Å². The summed E-state index contributed by atoms with van der Waals surface area (Å²) in [6, 6.07) is 16.7. The first kappa shape index (κ1) is 20.3. The Morgan fingerprint density at radius 2 is 1.84 bits per heavy atom. The highest BCUT2D eigenvalue weighted by Crippen LogP contribution is 2.51. The van der Waals surface area contributed by atoms with Crippen LogP contribution in [0.15, 0.2) is 71.0 Å². The Morgan fingerprint density at radius 3 is 2.58 bits per heavy atom. The lowest BCUT2D eigenvalue weighted by Crippen LogP contribution is -2.43. The number of aryl methyl sites for hydroxylation is 1. The Balaban J connectivity index is 1.84. The highest BCUT2D eigenvalue weighted by Gasteiger charge is 2.43. The van der Waals surface area contributed by atoms with Gasteiger partial charge in [-0.25, -0.2) is 0 Å². The van der Waals surface area contributed by atoms with E-state index in [1.165, 1.54) is 36.0 Å². The van der Waals surface area contributed by atoms with Crippen LogP contribution in [0.3, 0.4) is 0 Å². The van der Waals surface area contributed by atoms with Gasteiger partial charge in [0.05, 0.1) is 5.69 Å². The maximum absolute atomic E-state index is 14.1. The highest BCUT2D eigenvalue weighted by molar-refractivity contribution is 7.99. The Hall–Kier alpha value is -2.59. The fourth-order valence-corrected chi connectivity index (χ4v) is 6.15. The minimum Gasteiger partial charge on any atom is -0.267 e. The molecule has 0 aliphatic heterocycles. The van der Waals surface area contributed by atoms with Gasteiger partial charge in [0.1, 0.15) is 5.03 Å². The average Bonchev–Trinajstić information content (AvgIpc) is 2.79. The van der Waals surface area contributed by atoms with Crippen LogP contribution in [-0.4, -0.2) is 15.5 Å². The molecule has 3 nitrogen and oxygen atoms in total. The Kier molecular flexibility index (Phi) is 5.35. The molecule has 2 aliphatic carbocycles. The molecule has 31 heavy (non-hydrogen) atoms. The van der Waals surface area contributed by atoms with E-state index in [9.17, 15) is 4.79 Å². The van der Waals surface area contributed by atoms with Crippen LogP contribution in [0.5, 0.6) is 0 Å². The minimum absolute atomic E-state index is 0.0539. The number of thioether (sulfide) groups is 1.